The first-order valence-corrected chi connectivity index (χ1v) is 5.73. The van der Waals surface area contributed by atoms with Gasteiger partial charge in [0, 0.05) is 5.69 Å². The number of aromatic nitrogens is 2. The Labute approximate surface area is 106 Å². The van der Waals surface area contributed by atoms with Gasteiger partial charge in [-0.05, 0) is 30.5 Å². The van der Waals surface area contributed by atoms with Gasteiger partial charge in [-0.25, -0.2) is 4.98 Å². The van der Waals surface area contributed by atoms with Crippen molar-refractivity contribution in [3.05, 3.63) is 35.7 Å². The SMILES string of the molecule is COc1ccc(CCc2cnc(N)[nH]2)cc1OC. The molecule has 1 aromatic carbocycles. The molecule has 1 aromatic heterocycles. The number of H-pyrrole nitrogens is 1. The molecule has 0 saturated heterocycles. The number of anilines is 1. The fraction of sp³-hybridized carbons (Fsp3) is 0.308. The lowest BCUT2D eigenvalue weighted by atomic mass is 10.1. The highest BCUT2D eigenvalue weighted by molar-refractivity contribution is 5.43. The number of nitrogen functional groups attached to an aromatic ring is 1. The molecule has 1 heterocycles. The number of aromatic amines is 1. The quantitative estimate of drug-likeness (QED) is 0.845. The van der Waals surface area contributed by atoms with E-state index in [1.807, 2.05) is 18.2 Å². The average molecular weight is 247 g/mol. The van der Waals surface area contributed by atoms with Crippen LogP contribution in [0.1, 0.15) is 11.3 Å². The molecule has 0 aliphatic rings. The summed E-state index contributed by atoms with van der Waals surface area (Å²) in [5.74, 6) is 1.95. The maximum Gasteiger partial charge on any atom is 0.197 e. The van der Waals surface area contributed by atoms with Crippen LogP contribution < -0.4 is 15.2 Å². The van der Waals surface area contributed by atoms with Gasteiger partial charge in [0.1, 0.15) is 0 Å². The summed E-state index contributed by atoms with van der Waals surface area (Å²) in [7, 11) is 3.27. The van der Waals surface area contributed by atoms with Crippen LogP contribution in [0.4, 0.5) is 5.95 Å². The molecule has 0 unspecified atom stereocenters. The number of rotatable bonds is 5. The molecular weight excluding hydrogens is 230 g/mol. The Bertz CT molecular complexity index is 523. The van der Waals surface area contributed by atoms with Gasteiger partial charge < -0.3 is 20.2 Å². The Morgan fingerprint density at radius 2 is 1.94 bits per heavy atom. The van der Waals surface area contributed by atoms with Gasteiger partial charge >= 0.3 is 0 Å². The molecule has 0 saturated carbocycles. The van der Waals surface area contributed by atoms with Crippen molar-refractivity contribution < 1.29 is 9.47 Å². The summed E-state index contributed by atoms with van der Waals surface area (Å²) in [6.45, 7) is 0. The van der Waals surface area contributed by atoms with Crippen LogP contribution in [0, 0.1) is 0 Å². The number of ether oxygens (including phenoxy) is 2. The molecule has 0 radical (unpaired) electrons. The van der Waals surface area contributed by atoms with Gasteiger partial charge in [0.05, 0.1) is 20.4 Å². The summed E-state index contributed by atoms with van der Waals surface area (Å²) >= 11 is 0. The maximum absolute atomic E-state index is 5.53. The Morgan fingerprint density at radius 3 is 2.56 bits per heavy atom. The van der Waals surface area contributed by atoms with E-state index < -0.39 is 0 Å². The second-order valence-corrected chi connectivity index (χ2v) is 3.98. The number of hydrogen-bond donors (Lipinski definition) is 2. The second kappa shape index (κ2) is 5.44. The standard InChI is InChI=1S/C13H17N3O2/c1-17-11-6-4-9(7-12(11)18-2)3-5-10-8-15-13(14)16-10/h4,6-8H,3,5H2,1-2H3,(H3,14,15,16). The Hall–Kier alpha value is -2.17. The topological polar surface area (TPSA) is 73.2 Å². The molecule has 0 spiro atoms. The molecule has 0 aliphatic carbocycles. The van der Waals surface area contributed by atoms with Crippen LogP contribution >= 0.6 is 0 Å². The van der Waals surface area contributed by atoms with Crippen LogP contribution in [-0.2, 0) is 12.8 Å². The van der Waals surface area contributed by atoms with E-state index in [0.29, 0.717) is 5.95 Å². The number of nitrogens with two attached hydrogens (primary N) is 1. The van der Waals surface area contributed by atoms with Gasteiger partial charge in [0.2, 0.25) is 0 Å². The molecule has 0 bridgehead atoms. The van der Waals surface area contributed by atoms with Crippen LogP contribution in [0.3, 0.4) is 0 Å². The van der Waals surface area contributed by atoms with E-state index in [9.17, 15) is 0 Å². The third-order valence-corrected chi connectivity index (χ3v) is 2.78. The number of methoxy groups -OCH3 is 2. The van der Waals surface area contributed by atoms with Crippen molar-refractivity contribution in [2.45, 2.75) is 12.8 Å². The van der Waals surface area contributed by atoms with Crippen molar-refractivity contribution in [1.29, 1.82) is 0 Å². The zero-order chi connectivity index (χ0) is 13.0. The lowest BCUT2D eigenvalue weighted by Crippen LogP contribution is -1.95. The lowest BCUT2D eigenvalue weighted by Gasteiger charge is -2.09. The third-order valence-electron chi connectivity index (χ3n) is 2.78. The summed E-state index contributed by atoms with van der Waals surface area (Å²) in [5, 5.41) is 0. The minimum absolute atomic E-state index is 0.456. The Kier molecular flexibility index (Phi) is 3.72. The second-order valence-electron chi connectivity index (χ2n) is 3.98. The van der Waals surface area contributed by atoms with Gasteiger partial charge in [0.15, 0.2) is 17.4 Å². The van der Waals surface area contributed by atoms with Gasteiger partial charge in [-0.15, -0.1) is 0 Å². The minimum atomic E-state index is 0.456. The number of nitrogens with one attached hydrogen (secondary N) is 1. The highest BCUT2D eigenvalue weighted by Crippen LogP contribution is 2.27. The predicted octanol–water partition coefficient (Wildman–Crippen LogP) is 1.79. The van der Waals surface area contributed by atoms with Crippen LogP contribution in [0.15, 0.2) is 24.4 Å². The third kappa shape index (κ3) is 2.74. The molecule has 0 atom stereocenters. The largest absolute Gasteiger partial charge is 0.493 e. The van der Waals surface area contributed by atoms with E-state index in [2.05, 4.69) is 9.97 Å². The fourth-order valence-electron chi connectivity index (χ4n) is 1.82. The normalized spacial score (nSPS) is 10.3. The molecule has 3 N–H and O–H groups in total. The number of benzene rings is 1. The smallest absolute Gasteiger partial charge is 0.197 e. The molecule has 2 rings (SSSR count). The van der Waals surface area contributed by atoms with E-state index in [1.165, 1.54) is 5.56 Å². The summed E-state index contributed by atoms with van der Waals surface area (Å²) in [4.78, 5) is 6.98. The van der Waals surface area contributed by atoms with E-state index in [0.717, 1.165) is 30.0 Å². The minimum Gasteiger partial charge on any atom is -0.493 e. The molecular formula is C13H17N3O2. The van der Waals surface area contributed by atoms with Crippen LogP contribution in [0.2, 0.25) is 0 Å². The zero-order valence-electron chi connectivity index (χ0n) is 10.6. The number of hydrogen-bond acceptors (Lipinski definition) is 4. The highest BCUT2D eigenvalue weighted by Gasteiger charge is 2.05. The first-order chi connectivity index (χ1) is 8.72. The van der Waals surface area contributed by atoms with Crippen molar-refractivity contribution >= 4 is 5.95 Å². The first-order valence-electron chi connectivity index (χ1n) is 5.73. The van der Waals surface area contributed by atoms with Crippen LogP contribution in [0.25, 0.3) is 0 Å². The summed E-state index contributed by atoms with van der Waals surface area (Å²) in [5.41, 5.74) is 7.74. The van der Waals surface area contributed by atoms with Crippen molar-refractivity contribution in [2.24, 2.45) is 0 Å². The van der Waals surface area contributed by atoms with Gasteiger partial charge in [-0.2, -0.15) is 0 Å². The van der Waals surface area contributed by atoms with Gasteiger partial charge in [-0.1, -0.05) is 6.07 Å². The number of nitrogens with zero attached hydrogens (tertiary/aromatic N) is 1. The fourth-order valence-corrected chi connectivity index (χ4v) is 1.82. The molecule has 96 valence electrons. The number of imidazole rings is 1. The van der Waals surface area contributed by atoms with Crippen molar-refractivity contribution in [3.63, 3.8) is 0 Å². The summed E-state index contributed by atoms with van der Waals surface area (Å²) in [6, 6.07) is 5.93. The lowest BCUT2D eigenvalue weighted by molar-refractivity contribution is 0.354. The maximum atomic E-state index is 5.53. The summed E-state index contributed by atoms with van der Waals surface area (Å²) in [6.07, 6.45) is 3.51. The van der Waals surface area contributed by atoms with Gasteiger partial charge in [0.25, 0.3) is 0 Å². The predicted molar refractivity (Wildman–Crippen MR) is 70.0 cm³/mol. The van der Waals surface area contributed by atoms with E-state index >= 15 is 0 Å². The van der Waals surface area contributed by atoms with E-state index in [-0.39, 0.29) is 0 Å². The average Bonchev–Trinajstić information content (AvgIpc) is 2.81. The van der Waals surface area contributed by atoms with Crippen LogP contribution in [-0.4, -0.2) is 24.2 Å². The Morgan fingerprint density at radius 1 is 1.17 bits per heavy atom. The molecule has 0 amide bonds. The monoisotopic (exact) mass is 247 g/mol. The first kappa shape index (κ1) is 12.3. The highest BCUT2D eigenvalue weighted by atomic mass is 16.5. The van der Waals surface area contributed by atoms with Crippen LogP contribution in [0.5, 0.6) is 11.5 Å². The Balaban J connectivity index is 2.05. The molecule has 18 heavy (non-hydrogen) atoms. The summed E-state index contributed by atoms with van der Waals surface area (Å²) < 4.78 is 10.5. The van der Waals surface area contributed by atoms with E-state index in [4.69, 9.17) is 15.2 Å². The van der Waals surface area contributed by atoms with Crippen molar-refractivity contribution in [3.8, 4) is 11.5 Å². The molecule has 2 aromatic rings. The van der Waals surface area contributed by atoms with Gasteiger partial charge in [-0.3, -0.25) is 0 Å². The van der Waals surface area contributed by atoms with Crippen molar-refractivity contribution in [2.75, 3.05) is 20.0 Å². The molecule has 5 heteroatoms. The van der Waals surface area contributed by atoms with E-state index in [1.54, 1.807) is 20.4 Å². The van der Waals surface area contributed by atoms with Crippen molar-refractivity contribution in [1.82, 2.24) is 9.97 Å². The molecule has 0 aliphatic heterocycles. The number of aryl methyl sites for hydroxylation is 2. The zero-order valence-corrected chi connectivity index (χ0v) is 10.6. The molecule has 5 nitrogen and oxygen atoms in total. The molecule has 0 fully saturated rings.